The molecule has 9 nitrogen and oxygen atoms in total. The monoisotopic (exact) mass is 571 g/mol. The minimum Gasteiger partial charge on any atom is -0.457 e. The number of urea groups is 1. The van der Waals surface area contributed by atoms with Crippen LogP contribution in [0.5, 0.6) is 11.5 Å². The van der Waals surface area contributed by atoms with Crippen LogP contribution in [0.4, 0.5) is 26.4 Å². The smallest absolute Gasteiger partial charge is 0.323 e. The number of nitrogens with zero attached hydrogens (tertiary/aromatic N) is 4. The van der Waals surface area contributed by atoms with Crippen molar-refractivity contribution >= 4 is 23.2 Å². The number of rotatable bonds is 7. The molecule has 0 fully saturated rings. The van der Waals surface area contributed by atoms with Crippen molar-refractivity contribution in [2.45, 2.75) is 59.2 Å². The Labute approximate surface area is 246 Å². The minimum atomic E-state index is -0.623. The molecule has 3 heterocycles. The first kappa shape index (κ1) is 29.1. The van der Waals surface area contributed by atoms with E-state index >= 15 is 4.39 Å². The van der Waals surface area contributed by atoms with Gasteiger partial charge in [0.05, 0.1) is 16.9 Å². The summed E-state index contributed by atoms with van der Waals surface area (Å²) in [4.78, 5) is 19.6. The molecule has 0 aliphatic carbocycles. The highest BCUT2D eigenvalue weighted by Gasteiger charge is 2.22. The summed E-state index contributed by atoms with van der Waals surface area (Å²) in [6.45, 7) is 12.0. The standard InChI is InChI=1S/C32H38FN7O2/c1-20(2)35-29-17-25(11-13-34-29)42-24-9-10-27(26(33)16-24)36-31(41)37-28-19-40(32(3,4)5)38-30(28)22-8-7-21-12-14-39(6)18-23(21)15-22/h7-11,13,15-17,19-20H,12,14,18H2,1-6H3,(H,34,35)(H2,36,37,41). The fraction of sp³-hybridized carbons (Fsp3) is 0.344. The summed E-state index contributed by atoms with van der Waals surface area (Å²) in [5.74, 6) is 0.853. The predicted octanol–water partition coefficient (Wildman–Crippen LogP) is 7.08. The van der Waals surface area contributed by atoms with Crippen LogP contribution in [0.1, 0.15) is 45.7 Å². The third-order valence-electron chi connectivity index (χ3n) is 6.92. The Morgan fingerprint density at radius 1 is 1.00 bits per heavy atom. The van der Waals surface area contributed by atoms with E-state index in [2.05, 4.69) is 45.0 Å². The van der Waals surface area contributed by atoms with E-state index in [-0.39, 0.29) is 17.3 Å². The molecule has 4 aromatic rings. The second-order valence-corrected chi connectivity index (χ2v) is 12.0. The van der Waals surface area contributed by atoms with Crippen LogP contribution in [0.25, 0.3) is 11.3 Å². The number of ether oxygens (including phenoxy) is 1. The van der Waals surface area contributed by atoms with Crippen molar-refractivity contribution in [1.29, 1.82) is 0 Å². The summed E-state index contributed by atoms with van der Waals surface area (Å²) >= 11 is 0. The summed E-state index contributed by atoms with van der Waals surface area (Å²) < 4.78 is 22.7. The van der Waals surface area contributed by atoms with Gasteiger partial charge in [0.2, 0.25) is 0 Å². The number of hydrogen-bond donors (Lipinski definition) is 3. The van der Waals surface area contributed by atoms with Crippen LogP contribution in [0.2, 0.25) is 0 Å². The van der Waals surface area contributed by atoms with Gasteiger partial charge >= 0.3 is 6.03 Å². The zero-order valence-corrected chi connectivity index (χ0v) is 25.0. The second kappa shape index (κ2) is 11.8. The molecule has 0 saturated carbocycles. The number of fused-ring (bicyclic) bond motifs is 1. The average Bonchev–Trinajstić information content (AvgIpc) is 3.34. The number of aromatic nitrogens is 3. The van der Waals surface area contributed by atoms with E-state index in [0.29, 0.717) is 28.7 Å². The van der Waals surface area contributed by atoms with E-state index < -0.39 is 11.8 Å². The van der Waals surface area contributed by atoms with Crippen molar-refractivity contribution in [3.63, 3.8) is 0 Å². The molecule has 2 amide bonds. The third kappa shape index (κ3) is 6.88. The van der Waals surface area contributed by atoms with E-state index in [1.807, 2.05) is 51.6 Å². The Hall–Kier alpha value is -4.44. The Bertz CT molecular complexity index is 1590. The number of pyridine rings is 1. The largest absolute Gasteiger partial charge is 0.457 e. The maximum Gasteiger partial charge on any atom is 0.323 e. The highest BCUT2D eigenvalue weighted by atomic mass is 19.1. The zero-order chi connectivity index (χ0) is 30.0. The third-order valence-corrected chi connectivity index (χ3v) is 6.92. The Morgan fingerprint density at radius 3 is 2.50 bits per heavy atom. The first-order valence-corrected chi connectivity index (χ1v) is 14.1. The highest BCUT2D eigenvalue weighted by molar-refractivity contribution is 6.02. The topological polar surface area (TPSA) is 96.3 Å². The lowest BCUT2D eigenvalue weighted by Crippen LogP contribution is -2.26. The van der Waals surface area contributed by atoms with Gasteiger partial charge in [-0.05, 0) is 83.5 Å². The van der Waals surface area contributed by atoms with Gasteiger partial charge in [-0.3, -0.25) is 4.68 Å². The van der Waals surface area contributed by atoms with E-state index in [4.69, 9.17) is 9.84 Å². The van der Waals surface area contributed by atoms with Gasteiger partial charge in [0, 0.05) is 49.2 Å². The van der Waals surface area contributed by atoms with Crippen molar-refractivity contribution in [3.05, 3.63) is 77.9 Å². The number of halogens is 1. The van der Waals surface area contributed by atoms with Gasteiger partial charge in [-0.15, -0.1) is 0 Å². The number of carbonyl (C=O) groups is 1. The van der Waals surface area contributed by atoms with Crippen LogP contribution in [-0.4, -0.2) is 45.3 Å². The molecule has 0 bridgehead atoms. The quantitative estimate of drug-likeness (QED) is 0.219. The first-order valence-electron chi connectivity index (χ1n) is 14.1. The van der Waals surface area contributed by atoms with Crippen LogP contribution in [0, 0.1) is 5.82 Å². The molecule has 42 heavy (non-hydrogen) atoms. The number of carbonyl (C=O) groups excluding carboxylic acids is 1. The lowest BCUT2D eigenvalue weighted by Gasteiger charge is -2.25. The first-order chi connectivity index (χ1) is 19.9. The van der Waals surface area contributed by atoms with Gasteiger partial charge in [0.1, 0.15) is 28.8 Å². The summed E-state index contributed by atoms with van der Waals surface area (Å²) in [6.07, 6.45) is 4.44. The van der Waals surface area contributed by atoms with E-state index in [0.717, 1.165) is 25.1 Å². The maximum atomic E-state index is 15.0. The SMILES string of the molecule is CC(C)Nc1cc(Oc2ccc(NC(=O)Nc3cn(C(C)(C)C)nc3-c3ccc4c(c3)CN(C)CC4)c(F)c2)ccn1. The van der Waals surface area contributed by atoms with Crippen molar-refractivity contribution < 1.29 is 13.9 Å². The molecule has 0 atom stereocenters. The van der Waals surface area contributed by atoms with E-state index in [9.17, 15) is 4.79 Å². The highest BCUT2D eigenvalue weighted by Crippen LogP contribution is 2.33. The number of hydrogen-bond acceptors (Lipinski definition) is 6. The fourth-order valence-corrected chi connectivity index (χ4v) is 4.79. The predicted molar refractivity (Wildman–Crippen MR) is 165 cm³/mol. The molecule has 2 aromatic carbocycles. The molecular formula is C32H38FN7O2. The van der Waals surface area contributed by atoms with Crippen molar-refractivity contribution in [3.8, 4) is 22.8 Å². The molecule has 0 spiro atoms. The Balaban J connectivity index is 1.32. The zero-order valence-electron chi connectivity index (χ0n) is 25.0. The lowest BCUT2D eigenvalue weighted by molar-refractivity contribution is 0.262. The molecule has 1 aliphatic rings. The average molecular weight is 572 g/mol. The van der Waals surface area contributed by atoms with Crippen LogP contribution in [0.15, 0.2) is 60.9 Å². The number of likely N-dealkylation sites (N-methyl/N-ethyl adjacent to an activating group) is 1. The normalized spacial score (nSPS) is 13.5. The molecule has 2 aromatic heterocycles. The summed E-state index contributed by atoms with van der Waals surface area (Å²) in [7, 11) is 2.11. The molecule has 0 radical (unpaired) electrons. The molecule has 10 heteroatoms. The summed E-state index contributed by atoms with van der Waals surface area (Å²) in [5, 5.41) is 13.5. The minimum absolute atomic E-state index is 0.0262. The van der Waals surface area contributed by atoms with Crippen molar-refractivity contribution in [2.24, 2.45) is 0 Å². The molecule has 220 valence electrons. The van der Waals surface area contributed by atoms with Crippen molar-refractivity contribution in [1.82, 2.24) is 19.7 Å². The molecule has 0 saturated heterocycles. The van der Waals surface area contributed by atoms with Crippen molar-refractivity contribution in [2.75, 3.05) is 29.5 Å². The summed E-state index contributed by atoms with van der Waals surface area (Å²) in [5.41, 5.74) is 4.42. The van der Waals surface area contributed by atoms with Crippen LogP contribution in [-0.2, 0) is 18.5 Å². The van der Waals surface area contributed by atoms with Gasteiger partial charge < -0.3 is 25.6 Å². The molecule has 0 unspecified atom stereocenters. The Morgan fingerprint density at radius 2 is 1.76 bits per heavy atom. The molecule has 5 rings (SSSR count). The van der Waals surface area contributed by atoms with Gasteiger partial charge in [-0.2, -0.15) is 5.10 Å². The van der Waals surface area contributed by atoms with Crippen LogP contribution in [0.3, 0.4) is 0 Å². The molecule has 3 N–H and O–H groups in total. The molecule has 1 aliphatic heterocycles. The van der Waals surface area contributed by atoms with Gasteiger partial charge in [0.15, 0.2) is 0 Å². The maximum absolute atomic E-state index is 15.0. The van der Waals surface area contributed by atoms with Gasteiger partial charge in [0.25, 0.3) is 0 Å². The van der Waals surface area contributed by atoms with E-state index in [1.54, 1.807) is 24.4 Å². The van der Waals surface area contributed by atoms with E-state index in [1.165, 1.54) is 23.3 Å². The van der Waals surface area contributed by atoms with Gasteiger partial charge in [-0.25, -0.2) is 14.2 Å². The number of nitrogens with one attached hydrogen (secondary N) is 3. The number of anilines is 3. The Kier molecular flexibility index (Phi) is 8.17. The van der Waals surface area contributed by atoms with Crippen LogP contribution < -0.4 is 20.7 Å². The molecular weight excluding hydrogens is 533 g/mol. The lowest BCUT2D eigenvalue weighted by atomic mass is 9.96. The number of benzene rings is 2. The van der Waals surface area contributed by atoms with Crippen LogP contribution >= 0.6 is 0 Å². The number of amides is 2. The fourth-order valence-electron chi connectivity index (χ4n) is 4.79. The second-order valence-electron chi connectivity index (χ2n) is 12.0. The summed E-state index contributed by atoms with van der Waals surface area (Å²) in [6, 6.07) is 13.7. The van der Waals surface area contributed by atoms with Gasteiger partial charge in [-0.1, -0.05) is 12.1 Å².